The number of benzene rings is 2. The van der Waals surface area contributed by atoms with Crippen molar-refractivity contribution in [3.63, 3.8) is 0 Å². The van der Waals surface area contributed by atoms with E-state index in [-0.39, 0.29) is 29.7 Å². The Morgan fingerprint density at radius 2 is 1.85 bits per heavy atom. The molecule has 3 aromatic rings. The summed E-state index contributed by atoms with van der Waals surface area (Å²) in [5, 5.41) is 25.5. The van der Waals surface area contributed by atoms with Gasteiger partial charge in [-0.15, -0.1) is 10.2 Å². The zero-order chi connectivity index (χ0) is 24.0. The van der Waals surface area contributed by atoms with Crippen LogP contribution in [0.3, 0.4) is 0 Å². The van der Waals surface area contributed by atoms with E-state index in [9.17, 15) is 19.7 Å². The van der Waals surface area contributed by atoms with Gasteiger partial charge < -0.3 is 15.2 Å². The summed E-state index contributed by atoms with van der Waals surface area (Å²) in [5.74, 6) is -0.0506. The van der Waals surface area contributed by atoms with Crippen molar-refractivity contribution < 1.29 is 14.5 Å². The second-order valence-corrected chi connectivity index (χ2v) is 8.29. The molecular weight excluding hydrogens is 468 g/mol. The van der Waals surface area contributed by atoms with E-state index in [1.807, 2.05) is 6.92 Å². The fourth-order valence-electron chi connectivity index (χ4n) is 2.99. The van der Waals surface area contributed by atoms with E-state index in [2.05, 4.69) is 20.8 Å². The molecule has 3 rings (SSSR count). The number of halogens is 1. The molecule has 0 saturated heterocycles. The van der Waals surface area contributed by atoms with E-state index in [4.69, 9.17) is 11.6 Å². The van der Waals surface area contributed by atoms with Crippen molar-refractivity contribution in [2.24, 2.45) is 0 Å². The van der Waals surface area contributed by atoms with Crippen LogP contribution in [-0.4, -0.2) is 37.3 Å². The minimum atomic E-state index is -0.488. The smallest absolute Gasteiger partial charge is 0.269 e. The molecular formula is C21H21ClN6O4S. The van der Waals surface area contributed by atoms with Crippen LogP contribution in [0.1, 0.15) is 18.3 Å². The molecule has 0 fully saturated rings. The first kappa shape index (κ1) is 24.2. The predicted octanol–water partition coefficient (Wildman–Crippen LogP) is 4.08. The van der Waals surface area contributed by atoms with Crippen molar-refractivity contribution >= 4 is 52.2 Å². The number of nitro benzene ring substituents is 1. The molecule has 0 radical (unpaired) electrons. The third kappa shape index (κ3) is 6.30. The molecule has 0 aliphatic heterocycles. The van der Waals surface area contributed by atoms with Crippen LogP contribution in [0.15, 0.2) is 47.6 Å². The fraction of sp³-hybridized carbons (Fsp3) is 0.238. The number of carbonyl (C=O) groups is 2. The number of anilines is 2. The van der Waals surface area contributed by atoms with Gasteiger partial charge in [0, 0.05) is 24.4 Å². The number of aromatic nitrogens is 3. The van der Waals surface area contributed by atoms with E-state index in [1.165, 1.54) is 30.0 Å². The topological polar surface area (TPSA) is 132 Å². The van der Waals surface area contributed by atoms with Crippen molar-refractivity contribution in [1.29, 1.82) is 0 Å². The fourth-order valence-corrected chi connectivity index (χ4v) is 4.00. The van der Waals surface area contributed by atoms with Crippen LogP contribution in [0, 0.1) is 17.0 Å². The van der Waals surface area contributed by atoms with Crippen LogP contribution in [0.2, 0.25) is 5.02 Å². The van der Waals surface area contributed by atoms with Gasteiger partial charge in [-0.05, 0) is 37.6 Å². The Kier molecular flexibility index (Phi) is 8.01. The van der Waals surface area contributed by atoms with Crippen molar-refractivity contribution in [1.82, 2.24) is 14.8 Å². The van der Waals surface area contributed by atoms with Gasteiger partial charge in [-0.3, -0.25) is 19.7 Å². The molecule has 1 aromatic heterocycles. The van der Waals surface area contributed by atoms with E-state index >= 15 is 0 Å². The number of amides is 2. The highest BCUT2D eigenvalue weighted by atomic mass is 35.5. The Balaban J connectivity index is 1.59. The van der Waals surface area contributed by atoms with Gasteiger partial charge in [0.2, 0.25) is 11.8 Å². The normalized spacial score (nSPS) is 10.6. The van der Waals surface area contributed by atoms with Crippen molar-refractivity contribution in [3.8, 4) is 0 Å². The van der Waals surface area contributed by atoms with Gasteiger partial charge >= 0.3 is 0 Å². The summed E-state index contributed by atoms with van der Waals surface area (Å²) in [6.45, 7) is 4.10. The molecule has 0 bridgehead atoms. The number of rotatable bonds is 9. The number of non-ortho nitro benzene ring substituents is 1. The molecule has 1 heterocycles. The van der Waals surface area contributed by atoms with E-state index in [0.717, 1.165) is 0 Å². The Morgan fingerprint density at radius 3 is 2.52 bits per heavy atom. The molecule has 2 aromatic carbocycles. The highest BCUT2D eigenvalue weighted by Gasteiger charge is 2.17. The van der Waals surface area contributed by atoms with Gasteiger partial charge in [0.25, 0.3) is 5.69 Å². The first-order valence-corrected chi connectivity index (χ1v) is 11.3. The zero-order valence-corrected chi connectivity index (χ0v) is 19.4. The third-order valence-corrected chi connectivity index (χ3v) is 5.90. The summed E-state index contributed by atoms with van der Waals surface area (Å²) in [6, 6.07) is 11.2. The lowest BCUT2D eigenvalue weighted by Gasteiger charge is -2.10. The molecule has 33 heavy (non-hydrogen) atoms. The van der Waals surface area contributed by atoms with Crippen LogP contribution in [0.5, 0.6) is 0 Å². The van der Waals surface area contributed by atoms with Gasteiger partial charge in [0.1, 0.15) is 5.82 Å². The average molecular weight is 489 g/mol. The molecule has 10 nitrogen and oxygen atoms in total. The number of hydrogen-bond acceptors (Lipinski definition) is 7. The van der Waals surface area contributed by atoms with E-state index in [0.29, 0.717) is 39.5 Å². The van der Waals surface area contributed by atoms with Crippen LogP contribution < -0.4 is 10.6 Å². The number of nitrogens with one attached hydrogen (secondary N) is 2. The minimum absolute atomic E-state index is 0.000803. The molecule has 0 spiro atoms. The number of thioether (sulfide) groups is 1. The van der Waals surface area contributed by atoms with Gasteiger partial charge in [0.05, 0.1) is 27.8 Å². The molecule has 172 valence electrons. The summed E-state index contributed by atoms with van der Waals surface area (Å²) < 4.78 is 1.77. The summed E-state index contributed by atoms with van der Waals surface area (Å²) in [6.07, 6.45) is 0.000803. The minimum Gasteiger partial charge on any atom is -0.325 e. The standard InChI is InChI=1S/C21H21ClN6O4S/c1-3-27-18(11-19(29)24-17-7-5-4-6-15(17)22)25-26-21(27)33-12-20(30)23-16-9-8-14(28(31)32)10-13(16)2/h4-10H,3,11-12H2,1-2H3,(H,23,30)(H,24,29). The average Bonchev–Trinajstić information content (AvgIpc) is 3.16. The Morgan fingerprint density at radius 1 is 1.12 bits per heavy atom. The molecule has 12 heteroatoms. The monoisotopic (exact) mass is 488 g/mol. The lowest BCUT2D eigenvalue weighted by atomic mass is 10.2. The van der Waals surface area contributed by atoms with Gasteiger partial charge in [-0.25, -0.2) is 0 Å². The third-order valence-electron chi connectivity index (χ3n) is 4.60. The van der Waals surface area contributed by atoms with E-state index < -0.39 is 4.92 Å². The van der Waals surface area contributed by atoms with Crippen LogP contribution in [0.25, 0.3) is 0 Å². The number of nitro groups is 1. The first-order chi connectivity index (χ1) is 15.8. The van der Waals surface area contributed by atoms with Crippen LogP contribution >= 0.6 is 23.4 Å². The van der Waals surface area contributed by atoms with Crippen molar-refractivity contribution in [3.05, 3.63) is 69.0 Å². The second-order valence-electron chi connectivity index (χ2n) is 6.94. The number of para-hydroxylation sites is 1. The lowest BCUT2D eigenvalue weighted by molar-refractivity contribution is -0.384. The second kappa shape index (κ2) is 10.9. The molecule has 0 atom stereocenters. The maximum absolute atomic E-state index is 12.4. The highest BCUT2D eigenvalue weighted by Crippen LogP contribution is 2.23. The highest BCUT2D eigenvalue weighted by molar-refractivity contribution is 7.99. The Bertz CT molecular complexity index is 1200. The SMILES string of the molecule is CCn1c(CC(=O)Nc2ccccc2Cl)nnc1SCC(=O)Nc1ccc([N+](=O)[O-])cc1C. The van der Waals surface area contributed by atoms with Crippen LogP contribution in [-0.2, 0) is 22.6 Å². The van der Waals surface area contributed by atoms with Gasteiger partial charge in [0.15, 0.2) is 5.16 Å². The van der Waals surface area contributed by atoms with Crippen LogP contribution in [0.4, 0.5) is 17.1 Å². The molecule has 0 aliphatic rings. The number of aryl methyl sites for hydroxylation is 1. The maximum Gasteiger partial charge on any atom is 0.269 e. The molecule has 2 amide bonds. The summed E-state index contributed by atoms with van der Waals surface area (Å²) in [4.78, 5) is 35.2. The van der Waals surface area contributed by atoms with Gasteiger partial charge in [-0.1, -0.05) is 35.5 Å². The summed E-state index contributed by atoms with van der Waals surface area (Å²) in [5.41, 5.74) is 1.56. The predicted molar refractivity (Wildman–Crippen MR) is 127 cm³/mol. The molecule has 0 saturated carbocycles. The Labute approximate surface area is 198 Å². The summed E-state index contributed by atoms with van der Waals surface area (Å²) in [7, 11) is 0. The van der Waals surface area contributed by atoms with Crippen molar-refractivity contribution in [2.45, 2.75) is 32.0 Å². The largest absolute Gasteiger partial charge is 0.325 e. The number of hydrogen-bond donors (Lipinski definition) is 2. The van der Waals surface area contributed by atoms with E-state index in [1.54, 1.807) is 35.8 Å². The lowest BCUT2D eigenvalue weighted by Crippen LogP contribution is -2.18. The molecule has 0 aliphatic carbocycles. The first-order valence-electron chi connectivity index (χ1n) is 9.92. The quantitative estimate of drug-likeness (QED) is 0.263. The molecule has 2 N–H and O–H groups in total. The van der Waals surface area contributed by atoms with Crippen molar-refractivity contribution in [2.75, 3.05) is 16.4 Å². The molecule has 0 unspecified atom stereocenters. The zero-order valence-electron chi connectivity index (χ0n) is 17.9. The Hall–Kier alpha value is -3.44. The summed E-state index contributed by atoms with van der Waals surface area (Å²) >= 11 is 7.26. The number of nitrogens with zero attached hydrogens (tertiary/aromatic N) is 4. The number of carbonyl (C=O) groups excluding carboxylic acids is 2. The maximum atomic E-state index is 12.4. The van der Waals surface area contributed by atoms with Gasteiger partial charge in [-0.2, -0.15) is 0 Å².